The van der Waals surface area contributed by atoms with E-state index in [-0.39, 0.29) is 22.6 Å². The SMILES string of the molecule is N=C(N=C(N)C1CC=CS1)c1nc(-c2cccnc2)cnc1N. The summed E-state index contributed by atoms with van der Waals surface area (Å²) in [5, 5.41) is 10.2. The van der Waals surface area contributed by atoms with Gasteiger partial charge in [-0.25, -0.2) is 15.0 Å². The number of hydrogen-bond donors (Lipinski definition) is 3. The molecule has 0 aromatic carbocycles. The molecule has 1 aliphatic rings. The third kappa shape index (κ3) is 3.37. The quantitative estimate of drug-likeness (QED) is 0.583. The highest BCUT2D eigenvalue weighted by molar-refractivity contribution is 8.03. The van der Waals surface area contributed by atoms with Gasteiger partial charge in [-0.05, 0) is 24.0 Å². The van der Waals surface area contributed by atoms with Gasteiger partial charge in [0.1, 0.15) is 11.5 Å². The fourth-order valence-electron chi connectivity index (χ4n) is 2.06. The van der Waals surface area contributed by atoms with Crippen LogP contribution in [-0.2, 0) is 0 Å². The van der Waals surface area contributed by atoms with Crippen molar-refractivity contribution in [3.8, 4) is 11.3 Å². The predicted octanol–water partition coefficient (Wildman–Crippen LogP) is 1.82. The van der Waals surface area contributed by atoms with Crippen LogP contribution in [-0.4, -0.2) is 31.9 Å². The molecule has 1 unspecified atom stereocenters. The number of rotatable bonds is 3. The first-order valence-electron chi connectivity index (χ1n) is 6.91. The molecule has 0 radical (unpaired) electrons. The maximum atomic E-state index is 8.13. The summed E-state index contributed by atoms with van der Waals surface area (Å²) in [5.74, 6) is 0.445. The number of thioether (sulfide) groups is 1. The van der Waals surface area contributed by atoms with Crippen LogP contribution in [0.2, 0.25) is 0 Å². The summed E-state index contributed by atoms with van der Waals surface area (Å²) in [6, 6.07) is 3.66. The van der Waals surface area contributed by atoms with Crippen molar-refractivity contribution >= 4 is 29.3 Å². The maximum absolute atomic E-state index is 8.13. The van der Waals surface area contributed by atoms with Crippen molar-refractivity contribution in [1.82, 2.24) is 15.0 Å². The highest BCUT2D eigenvalue weighted by Crippen LogP contribution is 2.24. The van der Waals surface area contributed by atoms with E-state index in [1.807, 2.05) is 17.6 Å². The van der Waals surface area contributed by atoms with Crippen LogP contribution in [0, 0.1) is 5.41 Å². The first-order valence-corrected chi connectivity index (χ1v) is 7.86. The third-order valence-corrected chi connectivity index (χ3v) is 4.35. The molecule has 3 rings (SSSR count). The van der Waals surface area contributed by atoms with Crippen LogP contribution in [0.1, 0.15) is 12.1 Å². The molecule has 2 aromatic heterocycles. The van der Waals surface area contributed by atoms with Gasteiger partial charge in [0.15, 0.2) is 11.7 Å². The molecule has 0 fully saturated rings. The van der Waals surface area contributed by atoms with E-state index in [9.17, 15) is 0 Å². The lowest BCUT2D eigenvalue weighted by molar-refractivity contribution is 1.12. The molecular weight excluding hydrogens is 310 g/mol. The van der Waals surface area contributed by atoms with Gasteiger partial charge < -0.3 is 11.5 Å². The first kappa shape index (κ1) is 15.2. The zero-order valence-corrected chi connectivity index (χ0v) is 13.0. The van der Waals surface area contributed by atoms with Gasteiger partial charge in [-0.15, -0.1) is 11.8 Å². The Kier molecular flexibility index (Phi) is 4.33. The van der Waals surface area contributed by atoms with Crippen LogP contribution in [0.4, 0.5) is 5.82 Å². The van der Waals surface area contributed by atoms with Crippen LogP contribution in [0.25, 0.3) is 11.3 Å². The number of nitrogens with one attached hydrogen (secondary N) is 1. The molecule has 0 aliphatic carbocycles. The minimum absolute atomic E-state index is 0.0611. The molecule has 23 heavy (non-hydrogen) atoms. The van der Waals surface area contributed by atoms with E-state index in [2.05, 4.69) is 19.9 Å². The van der Waals surface area contributed by atoms with E-state index >= 15 is 0 Å². The second kappa shape index (κ2) is 6.57. The number of pyridine rings is 1. The standard InChI is InChI=1S/C15H15N7S/c16-13(11-4-2-6-23-11)22-15(18)12-14(17)20-8-10(21-12)9-3-1-5-19-7-9/h1-3,5-8,11H,4H2,(H2,17,20)(H3,16,18,22). The van der Waals surface area contributed by atoms with Gasteiger partial charge in [0.25, 0.3) is 0 Å². The maximum Gasteiger partial charge on any atom is 0.176 e. The fraction of sp³-hybridized carbons (Fsp3) is 0.133. The van der Waals surface area contributed by atoms with E-state index in [0.717, 1.165) is 12.0 Å². The van der Waals surface area contributed by atoms with Crippen molar-refractivity contribution in [2.24, 2.45) is 10.7 Å². The highest BCUT2D eigenvalue weighted by atomic mass is 32.2. The van der Waals surface area contributed by atoms with E-state index in [0.29, 0.717) is 11.5 Å². The first-order chi connectivity index (χ1) is 11.1. The minimum atomic E-state index is -0.0919. The molecule has 2 aromatic rings. The predicted molar refractivity (Wildman–Crippen MR) is 93.3 cm³/mol. The average molecular weight is 325 g/mol. The molecule has 0 spiro atoms. The summed E-state index contributed by atoms with van der Waals surface area (Å²) < 4.78 is 0. The molecule has 8 heteroatoms. The number of amidine groups is 2. The summed E-state index contributed by atoms with van der Waals surface area (Å²) >= 11 is 1.58. The van der Waals surface area contributed by atoms with Crippen molar-refractivity contribution in [1.29, 1.82) is 5.41 Å². The Bertz CT molecular complexity index is 778. The molecule has 0 saturated carbocycles. The molecule has 0 bridgehead atoms. The lowest BCUT2D eigenvalue weighted by atomic mass is 10.2. The zero-order valence-electron chi connectivity index (χ0n) is 12.2. The zero-order chi connectivity index (χ0) is 16.2. The molecule has 1 aliphatic heterocycles. The molecule has 0 saturated heterocycles. The van der Waals surface area contributed by atoms with E-state index in [4.69, 9.17) is 16.9 Å². The van der Waals surface area contributed by atoms with Gasteiger partial charge in [-0.2, -0.15) is 0 Å². The van der Waals surface area contributed by atoms with Gasteiger partial charge >= 0.3 is 0 Å². The Balaban J connectivity index is 1.89. The van der Waals surface area contributed by atoms with Crippen molar-refractivity contribution < 1.29 is 0 Å². The Morgan fingerprint density at radius 3 is 2.96 bits per heavy atom. The normalized spacial score (nSPS) is 17.4. The number of aromatic nitrogens is 3. The van der Waals surface area contributed by atoms with E-state index in [1.165, 1.54) is 0 Å². The summed E-state index contributed by atoms with van der Waals surface area (Å²) in [4.78, 5) is 16.7. The number of nitrogens with zero attached hydrogens (tertiary/aromatic N) is 4. The summed E-state index contributed by atoms with van der Waals surface area (Å²) in [6.45, 7) is 0. The van der Waals surface area contributed by atoms with Crippen LogP contribution in [0.3, 0.4) is 0 Å². The third-order valence-electron chi connectivity index (χ3n) is 3.24. The minimum Gasteiger partial charge on any atom is -0.386 e. The summed E-state index contributed by atoms with van der Waals surface area (Å²) in [7, 11) is 0. The van der Waals surface area contributed by atoms with Gasteiger partial charge in [0.2, 0.25) is 0 Å². The molecule has 3 heterocycles. The Hall–Kier alpha value is -2.74. The van der Waals surface area contributed by atoms with E-state index < -0.39 is 0 Å². The van der Waals surface area contributed by atoms with E-state index in [1.54, 1.807) is 36.4 Å². The monoisotopic (exact) mass is 325 g/mol. The van der Waals surface area contributed by atoms with Crippen molar-refractivity contribution in [3.63, 3.8) is 0 Å². The van der Waals surface area contributed by atoms with Crippen LogP contribution < -0.4 is 11.5 Å². The molecule has 7 nitrogen and oxygen atoms in total. The number of hydrogen-bond acceptors (Lipinski definition) is 6. The number of allylic oxidation sites excluding steroid dienone is 1. The number of nitrogens with two attached hydrogens (primary N) is 2. The lowest BCUT2D eigenvalue weighted by Crippen LogP contribution is -2.26. The molecule has 0 amide bonds. The molecular formula is C15H15N7S. The van der Waals surface area contributed by atoms with Gasteiger partial charge in [-0.3, -0.25) is 10.4 Å². The van der Waals surface area contributed by atoms with Crippen molar-refractivity contribution in [2.45, 2.75) is 11.7 Å². The van der Waals surface area contributed by atoms with Crippen LogP contribution in [0.15, 0.2) is 47.2 Å². The fourth-order valence-corrected chi connectivity index (χ4v) is 2.88. The summed E-state index contributed by atoms with van der Waals surface area (Å²) in [6.07, 6.45) is 7.73. The second-order valence-corrected chi connectivity index (χ2v) is 5.96. The Labute approximate surface area is 137 Å². The molecule has 5 N–H and O–H groups in total. The second-order valence-electron chi connectivity index (χ2n) is 4.85. The molecule has 1 atom stereocenters. The summed E-state index contributed by atoms with van der Waals surface area (Å²) in [5.41, 5.74) is 13.4. The largest absolute Gasteiger partial charge is 0.386 e. The van der Waals surface area contributed by atoms with Crippen molar-refractivity contribution in [2.75, 3.05) is 5.73 Å². The van der Waals surface area contributed by atoms with Gasteiger partial charge in [0.05, 0.1) is 17.1 Å². The van der Waals surface area contributed by atoms with Crippen LogP contribution >= 0.6 is 11.8 Å². The molecule has 116 valence electrons. The average Bonchev–Trinajstić information content (AvgIpc) is 3.10. The van der Waals surface area contributed by atoms with Gasteiger partial charge in [-0.1, -0.05) is 6.08 Å². The Morgan fingerprint density at radius 2 is 2.26 bits per heavy atom. The smallest absolute Gasteiger partial charge is 0.176 e. The van der Waals surface area contributed by atoms with Crippen LogP contribution in [0.5, 0.6) is 0 Å². The van der Waals surface area contributed by atoms with Crippen molar-refractivity contribution in [3.05, 3.63) is 47.9 Å². The van der Waals surface area contributed by atoms with Gasteiger partial charge in [0, 0.05) is 18.0 Å². The highest BCUT2D eigenvalue weighted by Gasteiger charge is 2.18. The Morgan fingerprint density at radius 1 is 1.39 bits per heavy atom. The lowest BCUT2D eigenvalue weighted by Gasteiger charge is -2.09. The topological polar surface area (TPSA) is 127 Å². The number of anilines is 1. The number of nitrogen functional groups attached to an aromatic ring is 1. The number of aliphatic imine (C=N–C) groups is 1.